The van der Waals surface area contributed by atoms with Crippen molar-refractivity contribution < 1.29 is 0 Å². The van der Waals surface area contributed by atoms with Crippen molar-refractivity contribution in [3.63, 3.8) is 0 Å². The summed E-state index contributed by atoms with van der Waals surface area (Å²) in [5.41, 5.74) is 2.57. The van der Waals surface area contributed by atoms with E-state index in [0.717, 1.165) is 22.3 Å². The predicted molar refractivity (Wildman–Crippen MR) is 50.2 cm³/mol. The number of hydrogen-bond acceptors (Lipinski definition) is 2. The first kappa shape index (κ1) is 7.81. The SMILES string of the molecule is Cc1c(C#N)c2cccnc2n1C. The fraction of sp³-hybridized carbons (Fsp3) is 0.200. The van der Waals surface area contributed by atoms with E-state index in [1.165, 1.54) is 0 Å². The number of aromatic nitrogens is 2. The van der Waals surface area contributed by atoms with Crippen LogP contribution in [0.5, 0.6) is 0 Å². The zero-order chi connectivity index (χ0) is 9.42. The fourth-order valence-electron chi connectivity index (χ4n) is 1.52. The van der Waals surface area contributed by atoms with Crippen LogP contribution in [0.2, 0.25) is 0 Å². The van der Waals surface area contributed by atoms with E-state index < -0.39 is 0 Å². The molecular weight excluding hydrogens is 162 g/mol. The second-order valence-corrected chi connectivity index (χ2v) is 3.01. The first-order valence-electron chi connectivity index (χ1n) is 4.06. The zero-order valence-electron chi connectivity index (χ0n) is 7.57. The van der Waals surface area contributed by atoms with Crippen molar-refractivity contribution in [3.05, 3.63) is 29.6 Å². The van der Waals surface area contributed by atoms with E-state index in [1.807, 2.05) is 30.7 Å². The third-order valence-corrected chi connectivity index (χ3v) is 2.35. The number of fused-ring (bicyclic) bond motifs is 1. The van der Waals surface area contributed by atoms with Crippen molar-refractivity contribution in [2.24, 2.45) is 7.05 Å². The quantitative estimate of drug-likeness (QED) is 0.606. The largest absolute Gasteiger partial charge is 0.332 e. The molecule has 0 aliphatic rings. The molecule has 0 atom stereocenters. The van der Waals surface area contributed by atoms with Gasteiger partial charge in [-0.05, 0) is 19.1 Å². The van der Waals surface area contributed by atoms with Crippen LogP contribution in [0.25, 0.3) is 11.0 Å². The molecule has 2 aromatic heterocycles. The molecule has 13 heavy (non-hydrogen) atoms. The number of pyridine rings is 1. The lowest BCUT2D eigenvalue weighted by Gasteiger charge is -1.95. The van der Waals surface area contributed by atoms with Crippen LogP contribution in [0.1, 0.15) is 11.3 Å². The number of aryl methyl sites for hydroxylation is 1. The molecule has 0 unspecified atom stereocenters. The van der Waals surface area contributed by atoms with Crippen molar-refractivity contribution in [3.8, 4) is 6.07 Å². The fourth-order valence-corrected chi connectivity index (χ4v) is 1.52. The van der Waals surface area contributed by atoms with Crippen LogP contribution in [0, 0.1) is 18.3 Å². The van der Waals surface area contributed by atoms with E-state index in [1.54, 1.807) is 6.20 Å². The van der Waals surface area contributed by atoms with Crippen molar-refractivity contribution in [1.29, 1.82) is 5.26 Å². The van der Waals surface area contributed by atoms with Gasteiger partial charge in [-0.25, -0.2) is 4.98 Å². The lowest BCUT2D eigenvalue weighted by Crippen LogP contribution is -1.91. The summed E-state index contributed by atoms with van der Waals surface area (Å²) in [6.45, 7) is 1.93. The predicted octanol–water partition coefficient (Wildman–Crippen LogP) is 1.75. The molecule has 0 saturated carbocycles. The summed E-state index contributed by atoms with van der Waals surface area (Å²) in [5, 5.41) is 9.87. The molecule has 2 heterocycles. The molecule has 2 rings (SSSR count). The van der Waals surface area contributed by atoms with Crippen molar-refractivity contribution in [1.82, 2.24) is 9.55 Å². The van der Waals surface area contributed by atoms with Gasteiger partial charge in [-0.3, -0.25) is 0 Å². The Morgan fingerprint density at radius 1 is 1.54 bits per heavy atom. The minimum absolute atomic E-state index is 0.727. The normalized spacial score (nSPS) is 10.2. The van der Waals surface area contributed by atoms with Gasteiger partial charge in [0.2, 0.25) is 0 Å². The van der Waals surface area contributed by atoms with Crippen molar-refractivity contribution >= 4 is 11.0 Å². The maximum atomic E-state index is 8.94. The van der Waals surface area contributed by atoms with Gasteiger partial charge >= 0.3 is 0 Å². The molecule has 0 spiro atoms. The average Bonchev–Trinajstić information content (AvgIpc) is 2.41. The minimum atomic E-state index is 0.727. The molecule has 0 radical (unpaired) electrons. The van der Waals surface area contributed by atoms with Gasteiger partial charge in [-0.15, -0.1) is 0 Å². The third kappa shape index (κ3) is 0.922. The highest BCUT2D eigenvalue weighted by Gasteiger charge is 2.10. The van der Waals surface area contributed by atoms with Crippen LogP contribution in [-0.4, -0.2) is 9.55 Å². The van der Waals surface area contributed by atoms with Crippen molar-refractivity contribution in [2.75, 3.05) is 0 Å². The van der Waals surface area contributed by atoms with Gasteiger partial charge in [-0.1, -0.05) is 0 Å². The Kier molecular flexibility index (Phi) is 1.56. The average molecular weight is 171 g/mol. The Hall–Kier alpha value is -1.82. The molecule has 0 saturated heterocycles. The lowest BCUT2D eigenvalue weighted by atomic mass is 10.2. The van der Waals surface area contributed by atoms with Crippen LogP contribution in [0.3, 0.4) is 0 Å². The van der Waals surface area contributed by atoms with Crippen LogP contribution in [0.15, 0.2) is 18.3 Å². The van der Waals surface area contributed by atoms with Gasteiger partial charge in [0.05, 0.1) is 5.56 Å². The Labute approximate surface area is 76.2 Å². The standard InChI is InChI=1S/C10H9N3/c1-7-9(6-11)8-4-3-5-12-10(8)13(7)2/h3-5H,1-2H3. The van der Waals surface area contributed by atoms with Crippen LogP contribution >= 0.6 is 0 Å². The van der Waals surface area contributed by atoms with E-state index in [-0.39, 0.29) is 0 Å². The van der Waals surface area contributed by atoms with Crippen LogP contribution in [-0.2, 0) is 7.05 Å². The Bertz CT molecular complexity index is 503. The monoisotopic (exact) mass is 171 g/mol. The van der Waals surface area contributed by atoms with E-state index in [4.69, 9.17) is 5.26 Å². The van der Waals surface area contributed by atoms with E-state index >= 15 is 0 Å². The minimum Gasteiger partial charge on any atom is -0.332 e. The molecule has 3 heteroatoms. The first-order chi connectivity index (χ1) is 6.25. The highest BCUT2D eigenvalue weighted by molar-refractivity contribution is 5.84. The molecule has 0 bridgehead atoms. The van der Waals surface area contributed by atoms with Gasteiger partial charge in [0.25, 0.3) is 0 Å². The van der Waals surface area contributed by atoms with Crippen molar-refractivity contribution in [2.45, 2.75) is 6.92 Å². The molecule has 0 aliphatic heterocycles. The molecule has 0 amide bonds. The molecule has 64 valence electrons. The van der Waals surface area contributed by atoms with E-state index in [2.05, 4.69) is 11.1 Å². The molecule has 3 nitrogen and oxygen atoms in total. The zero-order valence-corrected chi connectivity index (χ0v) is 7.57. The highest BCUT2D eigenvalue weighted by atomic mass is 15.0. The summed E-state index contributed by atoms with van der Waals surface area (Å²) >= 11 is 0. The summed E-state index contributed by atoms with van der Waals surface area (Å²) in [7, 11) is 1.92. The summed E-state index contributed by atoms with van der Waals surface area (Å²) in [6.07, 6.45) is 1.74. The van der Waals surface area contributed by atoms with E-state index in [9.17, 15) is 0 Å². The van der Waals surface area contributed by atoms with Gasteiger partial charge in [0.15, 0.2) is 0 Å². The summed E-state index contributed by atoms with van der Waals surface area (Å²) < 4.78 is 1.94. The Balaban J connectivity index is 3.00. The maximum Gasteiger partial charge on any atom is 0.141 e. The van der Waals surface area contributed by atoms with Crippen LogP contribution in [0.4, 0.5) is 0 Å². The molecule has 0 aromatic carbocycles. The number of rotatable bonds is 0. The third-order valence-electron chi connectivity index (χ3n) is 2.35. The van der Waals surface area contributed by atoms with Gasteiger partial charge < -0.3 is 4.57 Å². The Morgan fingerprint density at radius 2 is 2.31 bits per heavy atom. The van der Waals surface area contributed by atoms with Gasteiger partial charge in [0.1, 0.15) is 11.7 Å². The molecule has 2 aromatic rings. The lowest BCUT2D eigenvalue weighted by molar-refractivity contribution is 0.899. The maximum absolute atomic E-state index is 8.94. The Morgan fingerprint density at radius 3 is 3.00 bits per heavy atom. The summed E-state index contributed by atoms with van der Waals surface area (Å²) in [4.78, 5) is 4.22. The topological polar surface area (TPSA) is 41.6 Å². The van der Waals surface area contributed by atoms with E-state index in [0.29, 0.717) is 0 Å². The molecule has 0 aliphatic carbocycles. The number of nitrogens with zero attached hydrogens (tertiary/aromatic N) is 3. The van der Waals surface area contributed by atoms with Crippen LogP contribution < -0.4 is 0 Å². The number of hydrogen-bond donors (Lipinski definition) is 0. The first-order valence-corrected chi connectivity index (χ1v) is 4.06. The smallest absolute Gasteiger partial charge is 0.141 e. The molecule has 0 N–H and O–H groups in total. The number of nitriles is 1. The van der Waals surface area contributed by atoms with Gasteiger partial charge in [-0.2, -0.15) is 5.26 Å². The summed E-state index contributed by atoms with van der Waals surface area (Å²) in [5.74, 6) is 0. The summed E-state index contributed by atoms with van der Waals surface area (Å²) in [6, 6.07) is 5.97. The van der Waals surface area contributed by atoms with Gasteiger partial charge in [0, 0.05) is 24.3 Å². The highest BCUT2D eigenvalue weighted by Crippen LogP contribution is 2.21. The molecule has 0 fully saturated rings. The molecular formula is C10H9N3. The second kappa shape index (κ2) is 2.60. The second-order valence-electron chi connectivity index (χ2n) is 3.01.